The Kier molecular flexibility index (Phi) is 4.32. The molecule has 13 heavy (non-hydrogen) atoms. The van der Waals surface area contributed by atoms with Crippen molar-refractivity contribution in [2.24, 2.45) is 5.14 Å². The van der Waals surface area contributed by atoms with Crippen molar-refractivity contribution in [1.82, 2.24) is 0 Å². The van der Waals surface area contributed by atoms with Crippen LogP contribution in [-0.4, -0.2) is 8.42 Å². The van der Waals surface area contributed by atoms with E-state index in [2.05, 4.69) is 0 Å². The average molecular weight is 226 g/mol. The second-order valence-corrected chi connectivity index (χ2v) is 3.82. The fourth-order valence-corrected chi connectivity index (χ4v) is 1.65. The van der Waals surface area contributed by atoms with Crippen LogP contribution in [0.25, 0.3) is 0 Å². The van der Waals surface area contributed by atoms with Crippen LogP contribution in [0.15, 0.2) is 29.2 Å². The van der Waals surface area contributed by atoms with E-state index < -0.39 is 16.7 Å². The van der Waals surface area contributed by atoms with Crippen molar-refractivity contribution >= 4 is 22.4 Å². The Morgan fingerprint density at radius 2 is 1.85 bits per heavy atom. The number of hydrogen-bond donors (Lipinski definition) is 1. The summed E-state index contributed by atoms with van der Waals surface area (Å²) in [5, 5.41) is 4.84. The first-order valence-corrected chi connectivity index (χ1v) is 4.77. The standard InChI is InChI=1S/C7H8FNO2S.ClH/c8-5-6-3-1-2-4-7(6)12(9,10)11;/h1-4H,5H2,(H2,9,10,11);1H. The summed E-state index contributed by atoms with van der Waals surface area (Å²) in [5.41, 5.74) is 0.0972. The van der Waals surface area contributed by atoms with Crippen molar-refractivity contribution in [2.45, 2.75) is 11.6 Å². The summed E-state index contributed by atoms with van der Waals surface area (Å²) in [6.45, 7) is -0.827. The summed E-state index contributed by atoms with van der Waals surface area (Å²) < 4.78 is 33.8. The number of alkyl halides is 1. The fourth-order valence-electron chi connectivity index (χ4n) is 0.892. The van der Waals surface area contributed by atoms with Crippen LogP contribution in [0.3, 0.4) is 0 Å². The lowest BCUT2D eigenvalue weighted by molar-refractivity contribution is 0.478. The maximum Gasteiger partial charge on any atom is 0.238 e. The highest BCUT2D eigenvalue weighted by Gasteiger charge is 2.11. The van der Waals surface area contributed by atoms with Crippen LogP contribution >= 0.6 is 12.4 Å². The summed E-state index contributed by atoms with van der Waals surface area (Å²) in [6, 6.07) is 5.73. The summed E-state index contributed by atoms with van der Waals surface area (Å²) >= 11 is 0. The SMILES string of the molecule is Cl.NS(=O)(=O)c1ccccc1CF. The molecule has 0 amide bonds. The first kappa shape index (κ1) is 12.3. The first-order chi connectivity index (χ1) is 5.55. The number of benzene rings is 1. The Morgan fingerprint density at radius 3 is 2.23 bits per heavy atom. The van der Waals surface area contributed by atoms with Crippen molar-refractivity contribution in [1.29, 1.82) is 0 Å². The van der Waals surface area contributed by atoms with E-state index in [-0.39, 0.29) is 22.9 Å². The second-order valence-electron chi connectivity index (χ2n) is 2.29. The highest BCUT2D eigenvalue weighted by atomic mass is 35.5. The summed E-state index contributed by atoms with van der Waals surface area (Å²) in [4.78, 5) is -0.146. The largest absolute Gasteiger partial charge is 0.246 e. The number of sulfonamides is 1. The molecule has 0 spiro atoms. The van der Waals surface area contributed by atoms with Gasteiger partial charge in [-0.1, -0.05) is 18.2 Å². The quantitative estimate of drug-likeness (QED) is 0.823. The van der Waals surface area contributed by atoms with Gasteiger partial charge in [0, 0.05) is 5.56 Å². The van der Waals surface area contributed by atoms with Gasteiger partial charge in [-0.2, -0.15) is 0 Å². The second kappa shape index (κ2) is 4.55. The molecule has 6 heteroatoms. The van der Waals surface area contributed by atoms with E-state index in [9.17, 15) is 12.8 Å². The minimum Gasteiger partial charge on any atom is -0.246 e. The summed E-state index contributed by atoms with van der Waals surface area (Å²) in [7, 11) is -3.79. The third kappa shape index (κ3) is 2.95. The lowest BCUT2D eigenvalue weighted by atomic mass is 10.2. The number of primary sulfonamides is 1. The molecule has 0 atom stereocenters. The molecular formula is C7H9ClFNO2S. The number of rotatable bonds is 2. The molecule has 1 aromatic carbocycles. The molecular weight excluding hydrogens is 217 g/mol. The third-order valence-electron chi connectivity index (χ3n) is 1.42. The monoisotopic (exact) mass is 225 g/mol. The van der Waals surface area contributed by atoms with E-state index in [1.165, 1.54) is 18.2 Å². The molecule has 3 nitrogen and oxygen atoms in total. The Hall–Kier alpha value is -0.650. The highest BCUT2D eigenvalue weighted by molar-refractivity contribution is 7.89. The zero-order valence-corrected chi connectivity index (χ0v) is 8.24. The van der Waals surface area contributed by atoms with Crippen LogP contribution in [0, 0.1) is 0 Å². The van der Waals surface area contributed by atoms with Crippen molar-refractivity contribution < 1.29 is 12.8 Å². The van der Waals surface area contributed by atoms with Gasteiger partial charge in [-0.15, -0.1) is 12.4 Å². The van der Waals surface area contributed by atoms with Gasteiger partial charge in [0.1, 0.15) is 6.67 Å². The van der Waals surface area contributed by atoms with Crippen LogP contribution < -0.4 is 5.14 Å². The lowest BCUT2D eigenvalue weighted by Crippen LogP contribution is -2.13. The Morgan fingerprint density at radius 1 is 1.31 bits per heavy atom. The van der Waals surface area contributed by atoms with Gasteiger partial charge in [0.15, 0.2) is 0 Å². The molecule has 0 radical (unpaired) electrons. The zero-order valence-electron chi connectivity index (χ0n) is 6.60. The van der Waals surface area contributed by atoms with Crippen molar-refractivity contribution in [3.8, 4) is 0 Å². The maximum atomic E-state index is 12.2. The molecule has 0 aliphatic heterocycles. The van der Waals surface area contributed by atoms with E-state index in [1.807, 2.05) is 0 Å². The van der Waals surface area contributed by atoms with Crippen molar-refractivity contribution in [3.05, 3.63) is 29.8 Å². The third-order valence-corrected chi connectivity index (χ3v) is 2.43. The molecule has 2 N–H and O–H groups in total. The van der Waals surface area contributed by atoms with Crippen LogP contribution in [-0.2, 0) is 16.7 Å². The number of nitrogens with two attached hydrogens (primary N) is 1. The fraction of sp³-hybridized carbons (Fsp3) is 0.143. The van der Waals surface area contributed by atoms with Gasteiger partial charge in [-0.25, -0.2) is 17.9 Å². The smallest absolute Gasteiger partial charge is 0.238 e. The minimum absolute atomic E-state index is 0. The van der Waals surface area contributed by atoms with Crippen LogP contribution in [0.1, 0.15) is 5.56 Å². The van der Waals surface area contributed by atoms with Gasteiger partial charge in [-0.3, -0.25) is 0 Å². The minimum atomic E-state index is -3.79. The van der Waals surface area contributed by atoms with Gasteiger partial charge in [-0.05, 0) is 6.07 Å². The molecule has 0 bridgehead atoms. The van der Waals surface area contributed by atoms with Crippen molar-refractivity contribution in [3.63, 3.8) is 0 Å². The Balaban J connectivity index is 0.00000144. The summed E-state index contributed by atoms with van der Waals surface area (Å²) in [6.07, 6.45) is 0. The molecule has 0 saturated carbocycles. The van der Waals surface area contributed by atoms with Crippen molar-refractivity contribution in [2.75, 3.05) is 0 Å². The molecule has 0 aliphatic carbocycles. The van der Waals surface area contributed by atoms with E-state index in [4.69, 9.17) is 5.14 Å². The van der Waals surface area contributed by atoms with Gasteiger partial charge < -0.3 is 0 Å². The predicted octanol–water partition coefficient (Wildman–Crippen LogP) is 1.23. The molecule has 0 unspecified atom stereocenters. The van der Waals surface area contributed by atoms with Gasteiger partial charge >= 0.3 is 0 Å². The molecule has 1 rings (SSSR count). The van der Waals surface area contributed by atoms with E-state index in [0.29, 0.717) is 0 Å². The maximum absolute atomic E-state index is 12.2. The molecule has 0 fully saturated rings. The topological polar surface area (TPSA) is 60.2 Å². The van der Waals surface area contributed by atoms with Crippen LogP contribution in [0.5, 0.6) is 0 Å². The van der Waals surface area contributed by atoms with Gasteiger partial charge in [0.05, 0.1) is 4.90 Å². The highest BCUT2D eigenvalue weighted by Crippen LogP contribution is 2.14. The Bertz CT molecular complexity index is 380. The lowest BCUT2D eigenvalue weighted by Gasteiger charge is -2.01. The predicted molar refractivity (Wildman–Crippen MR) is 49.9 cm³/mol. The van der Waals surface area contributed by atoms with Crippen LogP contribution in [0.4, 0.5) is 4.39 Å². The van der Waals surface area contributed by atoms with Gasteiger partial charge in [0.2, 0.25) is 10.0 Å². The normalized spacial score (nSPS) is 10.6. The zero-order chi connectivity index (χ0) is 9.19. The van der Waals surface area contributed by atoms with E-state index in [0.717, 1.165) is 0 Å². The first-order valence-electron chi connectivity index (χ1n) is 3.22. The average Bonchev–Trinajstić information content (AvgIpc) is 2.03. The number of halogens is 2. The summed E-state index contributed by atoms with van der Waals surface area (Å²) in [5.74, 6) is 0. The molecule has 0 aliphatic rings. The van der Waals surface area contributed by atoms with Gasteiger partial charge in [0.25, 0.3) is 0 Å². The van der Waals surface area contributed by atoms with Crippen LogP contribution in [0.2, 0.25) is 0 Å². The van der Waals surface area contributed by atoms with E-state index in [1.54, 1.807) is 6.07 Å². The molecule has 0 saturated heterocycles. The number of hydrogen-bond acceptors (Lipinski definition) is 2. The molecule has 0 aromatic heterocycles. The molecule has 74 valence electrons. The molecule has 1 aromatic rings. The Labute approximate surface area is 82.2 Å². The molecule has 0 heterocycles. The van der Waals surface area contributed by atoms with E-state index >= 15 is 0 Å².